The molecule has 3 heterocycles. The molecule has 1 aromatic carbocycles. The van der Waals surface area contributed by atoms with E-state index in [0.29, 0.717) is 25.7 Å². The van der Waals surface area contributed by atoms with Crippen LogP contribution in [-0.4, -0.2) is 124 Å². The number of hydrogen-bond donors (Lipinski definition) is 11. The Hall–Kier alpha value is -5.92. The summed E-state index contributed by atoms with van der Waals surface area (Å²) in [6.45, 7) is 5.47. The van der Waals surface area contributed by atoms with Gasteiger partial charge in [0.15, 0.2) is 11.9 Å². The molecule has 0 radical (unpaired) electrons. The second-order valence-corrected chi connectivity index (χ2v) is 15.3. The maximum atomic E-state index is 14.6. The third-order valence-electron chi connectivity index (χ3n) is 10.8. The normalized spacial score (nSPS) is 24.6. The van der Waals surface area contributed by atoms with Crippen molar-refractivity contribution >= 4 is 58.3 Å². The van der Waals surface area contributed by atoms with Gasteiger partial charge in [-0.2, -0.15) is 0 Å². The number of nitrogens with two attached hydrogens (primary N) is 4. The van der Waals surface area contributed by atoms with Crippen LogP contribution in [0.2, 0.25) is 0 Å². The van der Waals surface area contributed by atoms with Gasteiger partial charge in [-0.15, -0.1) is 0 Å². The Morgan fingerprint density at radius 2 is 1.34 bits per heavy atom. The van der Waals surface area contributed by atoms with Crippen molar-refractivity contribution in [3.8, 4) is 0 Å². The number of fused-ring (bicyclic) bond motifs is 2. The lowest BCUT2D eigenvalue weighted by atomic mass is 9.96. The van der Waals surface area contributed by atoms with Crippen molar-refractivity contribution in [2.75, 3.05) is 19.6 Å². The Morgan fingerprint density at radius 3 is 1.98 bits per heavy atom. The number of nitrogens with zero attached hydrogens (tertiary/aromatic N) is 3. The summed E-state index contributed by atoms with van der Waals surface area (Å²) in [4.78, 5) is 97.6. The summed E-state index contributed by atoms with van der Waals surface area (Å²) in [7, 11) is 0. The molecule has 1 aromatic heterocycles. The fourth-order valence-electron chi connectivity index (χ4n) is 7.34. The highest BCUT2D eigenvalue weighted by molar-refractivity contribution is 5.99. The molecule has 0 spiro atoms. The molecule has 6 amide bonds. The number of hydrogen-bond acceptors (Lipinski definition) is 9. The van der Waals surface area contributed by atoms with Gasteiger partial charge >= 0.3 is 0 Å². The van der Waals surface area contributed by atoms with E-state index in [1.807, 2.05) is 31.2 Å². The zero-order valence-electron chi connectivity index (χ0n) is 34.0. The minimum Gasteiger partial charge on any atom is -0.391 e. The average molecular weight is 824 g/mol. The van der Waals surface area contributed by atoms with E-state index in [-0.39, 0.29) is 63.7 Å². The number of aromatic nitrogens is 1. The van der Waals surface area contributed by atoms with Gasteiger partial charge in [0.25, 0.3) is 0 Å². The Balaban J connectivity index is 1.78. The van der Waals surface area contributed by atoms with Crippen LogP contribution in [0.4, 0.5) is 0 Å². The fraction of sp³-hybridized carbons (Fsp3) is 0.590. The van der Waals surface area contributed by atoms with Gasteiger partial charge in [0.1, 0.15) is 36.3 Å². The van der Waals surface area contributed by atoms with Crippen LogP contribution in [0.15, 0.2) is 40.4 Å². The number of benzene rings is 1. The molecule has 2 aliphatic heterocycles. The van der Waals surface area contributed by atoms with Crippen LogP contribution >= 0.6 is 0 Å². The summed E-state index contributed by atoms with van der Waals surface area (Å²) in [6.07, 6.45) is 2.79. The number of amides is 6. The Bertz CT molecular complexity index is 1860. The number of carbonyl (C=O) groups excluding carboxylic acids is 6. The number of nitrogens with one attached hydrogen (secondary N) is 6. The Labute approximate surface area is 343 Å². The van der Waals surface area contributed by atoms with Crippen LogP contribution in [0.5, 0.6) is 0 Å². The summed E-state index contributed by atoms with van der Waals surface area (Å²) in [5.41, 5.74) is 23.5. The minimum absolute atomic E-state index is 0.0315. The fourth-order valence-corrected chi connectivity index (χ4v) is 7.34. The van der Waals surface area contributed by atoms with Gasteiger partial charge in [-0.05, 0) is 69.4 Å². The van der Waals surface area contributed by atoms with E-state index in [4.69, 9.17) is 22.9 Å². The first-order chi connectivity index (χ1) is 28.1. The zero-order valence-corrected chi connectivity index (χ0v) is 34.0. The molecule has 2 saturated heterocycles. The van der Waals surface area contributed by atoms with E-state index >= 15 is 0 Å². The predicted octanol–water partition coefficient (Wildman–Crippen LogP) is -1.94. The molecule has 4 rings (SSSR count). The second kappa shape index (κ2) is 21.7. The summed E-state index contributed by atoms with van der Waals surface area (Å²) < 4.78 is 0. The maximum absolute atomic E-state index is 14.6. The first-order valence-corrected chi connectivity index (χ1v) is 20.3. The van der Waals surface area contributed by atoms with Crippen LogP contribution in [0, 0.1) is 5.92 Å². The first kappa shape index (κ1) is 45.8. The van der Waals surface area contributed by atoms with Crippen molar-refractivity contribution in [3.05, 3.63) is 36.0 Å². The highest BCUT2D eigenvalue weighted by Crippen LogP contribution is 2.24. The van der Waals surface area contributed by atoms with Gasteiger partial charge in [0.05, 0.1) is 6.10 Å². The number of aromatic amines is 1. The van der Waals surface area contributed by atoms with Crippen molar-refractivity contribution in [1.82, 2.24) is 36.5 Å². The van der Waals surface area contributed by atoms with E-state index in [9.17, 15) is 33.9 Å². The lowest BCUT2D eigenvalue weighted by Gasteiger charge is -2.33. The lowest BCUT2D eigenvalue weighted by molar-refractivity contribution is -0.143. The monoisotopic (exact) mass is 823 g/mol. The van der Waals surface area contributed by atoms with E-state index in [0.717, 1.165) is 16.5 Å². The maximum Gasteiger partial charge on any atom is 0.246 e. The molecular weight excluding hydrogens is 763 g/mol. The minimum atomic E-state index is -1.49. The Morgan fingerprint density at radius 1 is 0.763 bits per heavy atom. The topological polar surface area (TPSA) is 331 Å². The number of guanidine groups is 2. The molecule has 2 aliphatic rings. The third-order valence-corrected chi connectivity index (χ3v) is 10.8. The van der Waals surface area contributed by atoms with Crippen LogP contribution in [0.25, 0.3) is 10.9 Å². The molecule has 15 N–H and O–H groups in total. The number of aliphatic hydroxyl groups excluding tert-OH is 1. The average Bonchev–Trinajstić information content (AvgIpc) is 3.85. The summed E-state index contributed by atoms with van der Waals surface area (Å²) in [5, 5.41) is 25.3. The number of rotatable bonds is 14. The molecule has 8 atom stereocenters. The molecule has 0 saturated carbocycles. The molecule has 0 unspecified atom stereocenters. The Kier molecular flexibility index (Phi) is 16.9. The molecule has 0 bridgehead atoms. The largest absolute Gasteiger partial charge is 0.391 e. The van der Waals surface area contributed by atoms with Gasteiger partial charge in [-0.3, -0.25) is 38.8 Å². The SMILES string of the molecule is CC[C@H](C)[C@@H]1NC(=O)[C@H]([C@@H](C)O)NC(=O)[C@H]2CCCN2C(=O)[C@H](Cc2c[nH]c3ccccc23)NC(=O)[C@H](CCCCN=C(N)N)NC(=O)[C@@H](CCCN=C(N)N)NC1=O. The predicted molar refractivity (Wildman–Crippen MR) is 222 cm³/mol. The van der Waals surface area contributed by atoms with Gasteiger partial charge in [-0.1, -0.05) is 38.5 Å². The number of aliphatic imine (C=N–C) groups is 2. The van der Waals surface area contributed by atoms with E-state index in [1.54, 1.807) is 13.1 Å². The molecule has 324 valence electrons. The number of aliphatic hydroxyl groups is 1. The molecule has 20 nitrogen and oxygen atoms in total. The van der Waals surface area contributed by atoms with Crippen LogP contribution in [-0.2, 0) is 35.2 Å². The number of unbranched alkanes of at least 4 members (excludes halogenated alkanes) is 1. The molecule has 2 fully saturated rings. The number of carbonyl (C=O) groups is 6. The highest BCUT2D eigenvalue weighted by atomic mass is 16.3. The van der Waals surface area contributed by atoms with E-state index < -0.39 is 83.7 Å². The quantitative estimate of drug-likeness (QED) is 0.0566. The van der Waals surface area contributed by atoms with Crippen molar-refractivity contribution in [3.63, 3.8) is 0 Å². The third kappa shape index (κ3) is 12.8. The smallest absolute Gasteiger partial charge is 0.246 e. The highest BCUT2D eigenvalue weighted by Gasteiger charge is 2.41. The van der Waals surface area contributed by atoms with Crippen molar-refractivity contribution in [2.24, 2.45) is 38.8 Å². The molecule has 2 aromatic rings. The summed E-state index contributed by atoms with van der Waals surface area (Å²) in [5.74, 6) is -4.81. The number of para-hydroxylation sites is 1. The molecule has 0 aliphatic carbocycles. The van der Waals surface area contributed by atoms with Crippen LogP contribution in [0.1, 0.15) is 77.7 Å². The molecule has 59 heavy (non-hydrogen) atoms. The first-order valence-electron chi connectivity index (χ1n) is 20.3. The van der Waals surface area contributed by atoms with Crippen LogP contribution < -0.4 is 49.5 Å². The van der Waals surface area contributed by atoms with Crippen molar-refractivity contribution in [1.29, 1.82) is 0 Å². The number of H-pyrrole nitrogens is 1. The zero-order chi connectivity index (χ0) is 43.2. The van der Waals surface area contributed by atoms with Crippen molar-refractivity contribution in [2.45, 2.75) is 121 Å². The van der Waals surface area contributed by atoms with Gasteiger partial charge < -0.3 is 64.5 Å². The van der Waals surface area contributed by atoms with Gasteiger partial charge in [0.2, 0.25) is 35.4 Å². The van der Waals surface area contributed by atoms with Crippen LogP contribution in [0.3, 0.4) is 0 Å². The standard InChI is InChI=1S/C39H61N13O7/c1-4-21(2)30-35(57)48-27(14-9-17-45-39(42)43)32(54)47-26(13-7-8-16-44-38(40)41)33(55)49-28(19-23-20-46-25-12-6-5-11-24(23)25)37(59)52-18-10-15-29(52)34(56)51-31(22(3)53)36(58)50-30/h5-6,11-12,20-22,26-31,46,53H,4,7-10,13-19H2,1-3H3,(H,47,54)(H,48,57)(H,49,55)(H,50,58)(H,51,56)(H4,40,41,44)(H4,42,43,45)/t21-,22+,26-,27+,28-,29+,30-,31-/m0/s1. The molecule has 20 heteroatoms. The van der Waals surface area contributed by atoms with E-state index in [2.05, 4.69) is 41.6 Å². The van der Waals surface area contributed by atoms with Gasteiger partial charge in [-0.25, -0.2) is 0 Å². The second-order valence-electron chi connectivity index (χ2n) is 15.3. The lowest BCUT2D eigenvalue weighted by Crippen LogP contribution is -2.63. The van der Waals surface area contributed by atoms with Gasteiger partial charge in [0, 0.05) is 43.2 Å². The van der Waals surface area contributed by atoms with E-state index in [1.165, 1.54) is 11.8 Å². The summed E-state index contributed by atoms with van der Waals surface area (Å²) in [6, 6.07) is 0.150. The van der Waals surface area contributed by atoms with Crippen molar-refractivity contribution < 1.29 is 33.9 Å². The molecular formula is C39H61N13O7. The summed E-state index contributed by atoms with van der Waals surface area (Å²) >= 11 is 0.